The molecule has 0 saturated heterocycles. The first-order chi connectivity index (χ1) is 21.0. The van der Waals surface area contributed by atoms with Gasteiger partial charge in [-0.15, -0.1) is 0 Å². The summed E-state index contributed by atoms with van der Waals surface area (Å²) in [6.07, 6.45) is 0. The number of fused-ring (bicyclic) bond motifs is 2. The van der Waals surface area contributed by atoms with Crippen LogP contribution in [0.4, 0.5) is 17.6 Å². The third kappa shape index (κ3) is 3.96. The third-order valence-electron chi connectivity index (χ3n) is 8.64. The van der Waals surface area contributed by atoms with Crippen molar-refractivity contribution < 1.29 is 45.2 Å². The van der Waals surface area contributed by atoms with Crippen LogP contribution < -0.4 is 4.74 Å². The Morgan fingerprint density at radius 1 is 0.682 bits per heavy atom. The average molecular weight is 620 g/mol. The molecule has 2 bridgehead atoms. The molecule has 3 aliphatic rings. The van der Waals surface area contributed by atoms with Crippen LogP contribution in [-0.4, -0.2) is 24.0 Å². The molecule has 5 aromatic carbocycles. The normalized spacial score (nSPS) is 20.3. The highest BCUT2D eigenvalue weighted by Gasteiger charge is 2.54. The lowest BCUT2D eigenvalue weighted by Gasteiger charge is -2.50. The molecule has 6 nitrogen and oxygen atoms in total. The summed E-state index contributed by atoms with van der Waals surface area (Å²) in [5.74, 6) is -16.4. The smallest absolute Gasteiger partial charge is 0.316 e. The molecule has 0 spiro atoms. The average Bonchev–Trinajstić information content (AvgIpc) is 3.01. The molecule has 5 aromatic rings. The van der Waals surface area contributed by atoms with E-state index in [1.165, 1.54) is 0 Å². The van der Waals surface area contributed by atoms with Crippen molar-refractivity contribution in [1.29, 1.82) is 0 Å². The highest BCUT2D eigenvalue weighted by molar-refractivity contribution is 7.85. The van der Waals surface area contributed by atoms with Crippen molar-refractivity contribution in [3.05, 3.63) is 136 Å². The highest BCUT2D eigenvalue weighted by Crippen LogP contribution is 2.63. The zero-order valence-corrected chi connectivity index (χ0v) is 23.1. The van der Waals surface area contributed by atoms with Crippen molar-refractivity contribution >= 4 is 26.9 Å². The number of hydrogen-bond donors (Lipinski definition) is 1. The van der Waals surface area contributed by atoms with Gasteiger partial charge in [-0.1, -0.05) is 84.9 Å². The predicted octanol–water partition coefficient (Wildman–Crippen LogP) is 6.60. The summed E-state index contributed by atoms with van der Waals surface area (Å²) in [5.41, 5.74) is 3.51. The van der Waals surface area contributed by atoms with Crippen LogP contribution in [0.3, 0.4) is 0 Å². The van der Waals surface area contributed by atoms with E-state index in [4.69, 9.17) is 4.74 Å². The summed E-state index contributed by atoms with van der Waals surface area (Å²) in [7, 11) is -5.96. The second-order valence-electron chi connectivity index (χ2n) is 10.8. The van der Waals surface area contributed by atoms with E-state index in [2.05, 4.69) is 0 Å². The predicted molar refractivity (Wildman–Crippen MR) is 148 cm³/mol. The second kappa shape index (κ2) is 9.90. The maximum Gasteiger partial charge on any atom is 0.316 e. The molecule has 0 radical (unpaired) electrons. The molecular weight excluding hydrogens is 600 g/mol. The van der Waals surface area contributed by atoms with Gasteiger partial charge in [-0.25, -0.2) is 17.2 Å². The van der Waals surface area contributed by atoms with E-state index < -0.39 is 73.7 Å². The van der Waals surface area contributed by atoms with Crippen molar-refractivity contribution in [3.8, 4) is 11.5 Å². The van der Waals surface area contributed by atoms with Crippen molar-refractivity contribution in [2.24, 2.45) is 5.92 Å². The summed E-state index contributed by atoms with van der Waals surface area (Å²) in [4.78, 5) is 11.7. The zero-order valence-electron chi connectivity index (χ0n) is 22.3. The fourth-order valence-corrected chi connectivity index (χ4v) is 7.56. The van der Waals surface area contributed by atoms with Crippen molar-refractivity contribution in [2.75, 3.05) is 0 Å². The highest BCUT2D eigenvalue weighted by atomic mass is 32.2. The Balaban J connectivity index is 1.45. The van der Waals surface area contributed by atoms with Gasteiger partial charge in [-0.2, -0.15) is 8.78 Å². The van der Waals surface area contributed by atoms with Gasteiger partial charge in [0.05, 0.1) is 5.92 Å². The first-order valence-corrected chi connectivity index (χ1v) is 14.8. The maximum atomic E-state index is 15.0. The van der Waals surface area contributed by atoms with Crippen LogP contribution in [0.25, 0.3) is 10.8 Å². The summed E-state index contributed by atoms with van der Waals surface area (Å²) in [5, 5.41) is 12.7. The van der Waals surface area contributed by atoms with Crippen LogP contribution in [-0.2, 0) is 14.9 Å². The van der Waals surface area contributed by atoms with E-state index in [0.29, 0.717) is 10.9 Å². The first kappa shape index (κ1) is 28.1. The van der Waals surface area contributed by atoms with Crippen molar-refractivity contribution in [2.45, 2.75) is 22.6 Å². The number of benzene rings is 5. The van der Waals surface area contributed by atoms with E-state index >= 15 is 0 Å². The molecule has 0 heterocycles. The molecule has 11 heteroatoms. The molecule has 8 rings (SSSR count). The van der Waals surface area contributed by atoms with E-state index in [1.807, 2.05) is 24.3 Å². The number of rotatable bonds is 4. The molecule has 1 N–H and O–H groups in total. The van der Waals surface area contributed by atoms with Gasteiger partial charge in [0.2, 0.25) is 17.4 Å². The van der Waals surface area contributed by atoms with Crippen molar-refractivity contribution in [1.82, 2.24) is 0 Å². The molecule has 0 aromatic heterocycles. The van der Waals surface area contributed by atoms with Gasteiger partial charge in [0.15, 0.2) is 11.6 Å². The van der Waals surface area contributed by atoms with E-state index in [1.54, 1.807) is 60.7 Å². The molecule has 0 aliphatic heterocycles. The van der Waals surface area contributed by atoms with E-state index in [9.17, 15) is 40.4 Å². The number of phenols is 1. The van der Waals surface area contributed by atoms with Crippen LogP contribution in [0, 0.1) is 29.2 Å². The van der Waals surface area contributed by atoms with Gasteiger partial charge in [-0.3, -0.25) is 4.79 Å². The van der Waals surface area contributed by atoms with Gasteiger partial charge < -0.3 is 14.4 Å². The number of halogens is 4. The van der Waals surface area contributed by atoms with Crippen LogP contribution in [0.1, 0.15) is 45.6 Å². The molecule has 2 atom stereocenters. The van der Waals surface area contributed by atoms with Gasteiger partial charge >= 0.3 is 5.97 Å². The Hall–Kier alpha value is -4.74. The van der Waals surface area contributed by atoms with Crippen molar-refractivity contribution in [3.63, 3.8) is 0 Å². The Bertz CT molecular complexity index is 2070. The Morgan fingerprint density at radius 2 is 1.18 bits per heavy atom. The van der Waals surface area contributed by atoms with Gasteiger partial charge in [-0.05, 0) is 33.2 Å². The van der Waals surface area contributed by atoms with Crippen LogP contribution in [0.2, 0.25) is 0 Å². The van der Waals surface area contributed by atoms with E-state index in [0.717, 1.165) is 27.6 Å². The third-order valence-corrected chi connectivity index (χ3v) is 9.49. The largest absolute Gasteiger partial charge is 0.744 e. The summed E-state index contributed by atoms with van der Waals surface area (Å²) in [6, 6.07) is 25.0. The minimum absolute atomic E-state index is 0.118. The van der Waals surface area contributed by atoms with Gasteiger partial charge in [0, 0.05) is 23.1 Å². The van der Waals surface area contributed by atoms with E-state index in [-0.39, 0.29) is 5.75 Å². The number of hydrogen-bond acceptors (Lipinski definition) is 6. The number of phenolic OH excluding ortho intramolecular Hbond substituents is 1. The summed E-state index contributed by atoms with van der Waals surface area (Å²) >= 11 is 0. The quantitative estimate of drug-likeness (QED) is 0.0800. The Kier molecular flexibility index (Phi) is 6.31. The number of carbonyl (C=O) groups is 1. The lowest BCUT2D eigenvalue weighted by atomic mass is 9.52. The molecule has 2 unspecified atom stereocenters. The lowest BCUT2D eigenvalue weighted by Crippen LogP contribution is -2.44. The molecule has 3 aliphatic carbocycles. The van der Waals surface area contributed by atoms with Crippen LogP contribution in [0.15, 0.2) is 89.8 Å². The fourth-order valence-electron chi connectivity index (χ4n) is 6.94. The summed E-state index contributed by atoms with van der Waals surface area (Å²) < 4.78 is 98.1. The topological polar surface area (TPSA) is 104 Å². The second-order valence-corrected chi connectivity index (χ2v) is 12.1. The first-order valence-electron chi connectivity index (χ1n) is 13.4. The standard InChI is InChI=1S/C33H20F4O6S/c34-26-28(36)32(44(40,41)42)29(37)27(35)31(26)43-33(39)25-23-19-11-5-3-9-17(19)22(18-10-4-6-12-20(18)23)24(25)21-14-13-15-7-1-2-8-16(15)30(21)38/h1-14,22-25,38H,(H,40,41,42)/p-1. The zero-order chi connectivity index (χ0) is 31.1. The van der Waals surface area contributed by atoms with Crippen LogP contribution >= 0.6 is 0 Å². The molecule has 44 heavy (non-hydrogen) atoms. The number of esters is 1. The summed E-state index contributed by atoms with van der Waals surface area (Å²) in [6.45, 7) is 0. The van der Waals surface area contributed by atoms with Crippen LogP contribution in [0.5, 0.6) is 11.5 Å². The van der Waals surface area contributed by atoms with Gasteiger partial charge in [0.25, 0.3) is 0 Å². The Labute approximate surface area is 247 Å². The number of aromatic hydroxyl groups is 1. The molecule has 222 valence electrons. The monoisotopic (exact) mass is 619 g/mol. The number of carbonyl (C=O) groups excluding carboxylic acids is 1. The van der Waals surface area contributed by atoms with Gasteiger partial charge in [0.1, 0.15) is 20.8 Å². The minimum atomic E-state index is -5.96. The molecule has 0 saturated carbocycles. The molecular formula is C33H19F4O6S-. The molecule has 0 fully saturated rings. The SMILES string of the molecule is O=C(Oc1c(F)c(F)c(S(=O)(=O)[O-])c(F)c1F)C1C2c3ccccc3C(c3ccccc32)C1c1ccc2ccccc2c1O. The number of ether oxygens (including phenoxy) is 1. The Morgan fingerprint density at radius 3 is 1.73 bits per heavy atom. The lowest BCUT2D eigenvalue weighted by molar-refractivity contribution is -0.141. The molecule has 0 amide bonds. The minimum Gasteiger partial charge on any atom is -0.744 e. The maximum absolute atomic E-state index is 15.0. The fraction of sp³-hybridized carbons (Fsp3) is 0.121.